The summed E-state index contributed by atoms with van der Waals surface area (Å²) < 4.78 is 34.4. The first kappa shape index (κ1) is 33.4. The van der Waals surface area contributed by atoms with Crippen molar-refractivity contribution in [3.63, 3.8) is 0 Å². The van der Waals surface area contributed by atoms with Gasteiger partial charge < -0.3 is 30.2 Å². The van der Waals surface area contributed by atoms with Crippen LogP contribution in [-0.4, -0.2) is 73.2 Å². The molecular formula is C25H44N4O8S. The Labute approximate surface area is 225 Å². The van der Waals surface area contributed by atoms with Crippen molar-refractivity contribution < 1.29 is 37.1 Å². The molecule has 0 unspecified atom stereocenters. The summed E-state index contributed by atoms with van der Waals surface area (Å²) in [5, 5.41) is 18.7. The van der Waals surface area contributed by atoms with Crippen LogP contribution in [0.4, 0.5) is 4.79 Å². The van der Waals surface area contributed by atoms with Gasteiger partial charge in [0.05, 0.1) is 17.9 Å². The molecule has 38 heavy (non-hydrogen) atoms. The maximum Gasteiger partial charge on any atom is 0.408 e. The molecule has 0 aliphatic heterocycles. The molecule has 4 atom stereocenters. The Morgan fingerprint density at radius 3 is 2.13 bits per heavy atom. The standard InChI is InChI=1S/C25H44N4O8S/c1-14(2)9-19(22(30)10-16(5)23(31)26-11-15(3)4)28-24(32)21(13-38(8,34)35)29-25(33)36-12-20-17(6)37-18(7)27-20/h14-16,19,21-22,30H,9-13H2,1-8H3,(H,26,31)(H,28,32)(H,29,33)/t16-,19+,21+,22+/m1/s1. The van der Waals surface area contributed by atoms with Crippen LogP contribution in [0, 0.1) is 31.6 Å². The third kappa shape index (κ3) is 12.7. The number of aryl methyl sites for hydroxylation is 2. The summed E-state index contributed by atoms with van der Waals surface area (Å²) in [5.74, 6) is -0.963. The lowest BCUT2D eigenvalue weighted by atomic mass is 9.92. The van der Waals surface area contributed by atoms with Gasteiger partial charge in [0.1, 0.15) is 33.9 Å². The SMILES string of the molecule is Cc1nc(COC(=O)N[C@@H](CS(C)(=O)=O)C(=O)N[C@@H](CC(C)C)[C@@H](O)C[C@@H](C)C(=O)NCC(C)C)c(C)o1. The van der Waals surface area contributed by atoms with Crippen LogP contribution < -0.4 is 16.0 Å². The maximum atomic E-state index is 13.1. The van der Waals surface area contributed by atoms with E-state index in [0.29, 0.717) is 30.3 Å². The molecule has 0 bridgehead atoms. The van der Waals surface area contributed by atoms with Crippen LogP contribution in [0.1, 0.15) is 64.8 Å². The predicted octanol–water partition coefficient (Wildman–Crippen LogP) is 1.62. The number of carbonyl (C=O) groups excluding carboxylic acids is 3. The molecule has 3 amide bonds. The Hall–Kier alpha value is -2.67. The minimum Gasteiger partial charge on any atom is -0.446 e. The third-order valence-corrected chi connectivity index (χ3v) is 6.60. The lowest BCUT2D eigenvalue weighted by Gasteiger charge is -2.29. The second-order valence-corrected chi connectivity index (χ2v) is 12.9. The molecule has 0 aliphatic rings. The summed E-state index contributed by atoms with van der Waals surface area (Å²) in [7, 11) is -3.68. The van der Waals surface area contributed by atoms with E-state index in [1.54, 1.807) is 20.8 Å². The lowest BCUT2D eigenvalue weighted by Crippen LogP contribution is -2.55. The van der Waals surface area contributed by atoms with Crippen molar-refractivity contribution in [3.05, 3.63) is 17.3 Å². The van der Waals surface area contributed by atoms with Crippen molar-refractivity contribution >= 4 is 27.7 Å². The van der Waals surface area contributed by atoms with Gasteiger partial charge in [-0.25, -0.2) is 18.2 Å². The van der Waals surface area contributed by atoms with E-state index < -0.39 is 51.7 Å². The molecule has 0 spiro atoms. The molecule has 13 heteroatoms. The first-order valence-corrected chi connectivity index (χ1v) is 14.8. The number of nitrogens with zero attached hydrogens (tertiary/aromatic N) is 1. The quantitative estimate of drug-likeness (QED) is 0.248. The number of alkyl carbamates (subject to hydrolysis) is 1. The number of nitrogens with one attached hydrogen (secondary N) is 3. The van der Waals surface area contributed by atoms with Crippen LogP contribution in [-0.2, 0) is 30.8 Å². The Kier molecular flexibility index (Phi) is 13.2. The molecule has 0 fully saturated rings. The fraction of sp³-hybridized carbons (Fsp3) is 0.760. The van der Waals surface area contributed by atoms with E-state index in [4.69, 9.17) is 9.15 Å². The minimum atomic E-state index is -3.68. The number of rotatable bonds is 15. The normalized spacial score (nSPS) is 15.0. The van der Waals surface area contributed by atoms with E-state index >= 15 is 0 Å². The van der Waals surface area contributed by atoms with Gasteiger partial charge in [0.25, 0.3) is 0 Å². The van der Waals surface area contributed by atoms with Gasteiger partial charge in [0.15, 0.2) is 5.89 Å². The van der Waals surface area contributed by atoms with E-state index in [2.05, 4.69) is 20.9 Å². The van der Waals surface area contributed by atoms with E-state index in [1.807, 2.05) is 27.7 Å². The number of amides is 3. The van der Waals surface area contributed by atoms with Gasteiger partial charge >= 0.3 is 6.09 Å². The van der Waals surface area contributed by atoms with Gasteiger partial charge in [-0.1, -0.05) is 34.6 Å². The van der Waals surface area contributed by atoms with Gasteiger partial charge in [0, 0.05) is 25.6 Å². The van der Waals surface area contributed by atoms with E-state index in [-0.39, 0.29) is 30.8 Å². The average Bonchev–Trinajstić information content (AvgIpc) is 3.10. The lowest BCUT2D eigenvalue weighted by molar-refractivity contribution is -0.126. The summed E-state index contributed by atoms with van der Waals surface area (Å²) in [5.41, 5.74) is 0.397. The van der Waals surface area contributed by atoms with Crippen LogP contribution in [0.2, 0.25) is 0 Å². The van der Waals surface area contributed by atoms with Crippen LogP contribution in [0.15, 0.2) is 4.42 Å². The first-order valence-electron chi connectivity index (χ1n) is 12.8. The Bertz CT molecular complexity index is 1040. The molecular weight excluding hydrogens is 516 g/mol. The number of oxazole rings is 1. The zero-order valence-corrected chi connectivity index (χ0v) is 24.5. The third-order valence-electron chi connectivity index (χ3n) is 5.66. The second-order valence-electron chi connectivity index (χ2n) is 10.7. The summed E-state index contributed by atoms with van der Waals surface area (Å²) in [6, 6.07) is -2.24. The topological polar surface area (TPSA) is 177 Å². The minimum absolute atomic E-state index is 0.0699. The largest absolute Gasteiger partial charge is 0.446 e. The Balaban J connectivity index is 2.92. The van der Waals surface area contributed by atoms with Crippen molar-refractivity contribution in [2.75, 3.05) is 18.6 Å². The number of hydrogen-bond donors (Lipinski definition) is 4. The number of hydrogen-bond acceptors (Lipinski definition) is 9. The van der Waals surface area contributed by atoms with Crippen molar-refractivity contribution in [2.45, 2.75) is 86.1 Å². The molecule has 0 saturated heterocycles. The van der Waals surface area contributed by atoms with Crippen LogP contribution in [0.25, 0.3) is 0 Å². The number of ether oxygens (including phenoxy) is 1. The maximum absolute atomic E-state index is 13.1. The van der Waals surface area contributed by atoms with Gasteiger partial charge in [-0.15, -0.1) is 0 Å². The molecule has 0 aliphatic carbocycles. The zero-order valence-electron chi connectivity index (χ0n) is 23.7. The Morgan fingerprint density at radius 2 is 1.63 bits per heavy atom. The smallest absolute Gasteiger partial charge is 0.408 e. The fourth-order valence-electron chi connectivity index (χ4n) is 3.73. The molecule has 1 aromatic rings. The number of aliphatic hydroxyl groups excluding tert-OH is 1. The first-order chi connectivity index (χ1) is 17.5. The van der Waals surface area contributed by atoms with E-state index in [1.165, 1.54) is 0 Å². The van der Waals surface area contributed by atoms with E-state index in [9.17, 15) is 27.9 Å². The molecule has 4 N–H and O–H groups in total. The van der Waals surface area contributed by atoms with Crippen molar-refractivity contribution in [1.82, 2.24) is 20.9 Å². The van der Waals surface area contributed by atoms with Crippen molar-refractivity contribution in [1.29, 1.82) is 0 Å². The summed E-state index contributed by atoms with van der Waals surface area (Å²) in [6.45, 7) is 13.0. The van der Waals surface area contributed by atoms with Gasteiger partial charge in [-0.05, 0) is 31.6 Å². The van der Waals surface area contributed by atoms with Crippen LogP contribution >= 0.6 is 0 Å². The zero-order chi connectivity index (χ0) is 29.2. The highest BCUT2D eigenvalue weighted by Gasteiger charge is 2.31. The molecule has 0 aromatic carbocycles. The number of aliphatic hydroxyl groups is 1. The summed E-state index contributed by atoms with van der Waals surface area (Å²) in [4.78, 5) is 42.0. The highest BCUT2D eigenvalue weighted by Crippen LogP contribution is 2.16. The average molecular weight is 561 g/mol. The number of aromatic nitrogens is 1. The number of carbonyl (C=O) groups is 3. The van der Waals surface area contributed by atoms with Gasteiger partial charge in [-0.2, -0.15) is 0 Å². The molecule has 0 saturated carbocycles. The molecule has 12 nitrogen and oxygen atoms in total. The van der Waals surface area contributed by atoms with Crippen molar-refractivity contribution in [2.24, 2.45) is 17.8 Å². The Morgan fingerprint density at radius 1 is 1.00 bits per heavy atom. The molecule has 1 rings (SSSR count). The fourth-order valence-corrected chi connectivity index (χ4v) is 4.57. The molecule has 218 valence electrons. The molecule has 1 aromatic heterocycles. The summed E-state index contributed by atoms with van der Waals surface area (Å²) >= 11 is 0. The molecule has 1 heterocycles. The van der Waals surface area contributed by atoms with Gasteiger partial charge in [-0.3, -0.25) is 9.59 Å². The van der Waals surface area contributed by atoms with Crippen molar-refractivity contribution in [3.8, 4) is 0 Å². The highest BCUT2D eigenvalue weighted by molar-refractivity contribution is 7.90. The highest BCUT2D eigenvalue weighted by atomic mass is 32.2. The number of sulfone groups is 1. The van der Waals surface area contributed by atoms with Gasteiger partial charge in [0.2, 0.25) is 11.8 Å². The van der Waals surface area contributed by atoms with Crippen LogP contribution in [0.3, 0.4) is 0 Å². The summed E-state index contributed by atoms with van der Waals surface area (Å²) in [6.07, 6.45) is -0.687. The monoisotopic (exact) mass is 560 g/mol. The predicted molar refractivity (Wildman–Crippen MR) is 142 cm³/mol. The van der Waals surface area contributed by atoms with Crippen LogP contribution in [0.5, 0.6) is 0 Å². The molecule has 0 radical (unpaired) electrons. The second kappa shape index (κ2) is 15.1. The van der Waals surface area contributed by atoms with E-state index in [0.717, 1.165) is 6.26 Å².